The molecule has 0 N–H and O–H groups in total. The van der Waals surface area contributed by atoms with E-state index in [0.29, 0.717) is 0 Å². The lowest BCUT2D eigenvalue weighted by molar-refractivity contribution is 0.318. The molecule has 2 aromatic heterocycles. The summed E-state index contributed by atoms with van der Waals surface area (Å²) in [6, 6.07) is 0.0754. The van der Waals surface area contributed by atoms with Gasteiger partial charge in [-0.05, 0) is 6.07 Å². The second kappa shape index (κ2) is 1.59. The van der Waals surface area contributed by atoms with E-state index in [-0.39, 0.29) is 11.2 Å². The average Bonchev–Trinajstić information content (AvgIpc) is 2.41. The molecule has 52 valence electrons. The topological polar surface area (TPSA) is 26.3 Å². The van der Waals surface area contributed by atoms with Gasteiger partial charge in [-0.3, -0.25) is 0 Å². The summed E-state index contributed by atoms with van der Waals surface area (Å²) in [7, 11) is 0. The fourth-order valence-corrected chi connectivity index (χ4v) is 0.769. The minimum Gasteiger partial charge on any atom is -0.433 e. The van der Waals surface area contributed by atoms with Crippen LogP contribution in [0.5, 0.6) is 0 Å². The van der Waals surface area contributed by atoms with Crippen LogP contribution in [0.15, 0.2) is 21.2 Å². The number of fused-ring (bicyclic) bond motifs is 1. The van der Waals surface area contributed by atoms with Crippen molar-refractivity contribution in [2.75, 3.05) is 0 Å². The van der Waals surface area contributed by atoms with Crippen LogP contribution in [-0.4, -0.2) is 0 Å². The highest BCUT2D eigenvalue weighted by Gasteiger charge is 2.15. The summed E-state index contributed by atoms with van der Waals surface area (Å²) >= 11 is 0. The molecular formula is C6H2F2O2. The third-order valence-electron chi connectivity index (χ3n) is 1.22. The Morgan fingerprint density at radius 1 is 1.30 bits per heavy atom. The lowest BCUT2D eigenvalue weighted by atomic mass is 10.4. The van der Waals surface area contributed by atoms with Crippen molar-refractivity contribution in [2.45, 2.75) is 0 Å². The van der Waals surface area contributed by atoms with Gasteiger partial charge in [0, 0.05) is 0 Å². The highest BCUT2D eigenvalue weighted by atomic mass is 19.2. The monoisotopic (exact) mass is 144 g/mol. The Kier molecular flexibility index (Phi) is 0.869. The van der Waals surface area contributed by atoms with E-state index in [0.717, 1.165) is 0 Å². The first-order chi connectivity index (χ1) is 4.79. The fraction of sp³-hybridized carbons (Fsp3) is 0. The summed E-state index contributed by atoms with van der Waals surface area (Å²) < 4.78 is 33.4. The molecule has 0 amide bonds. The predicted octanol–water partition coefficient (Wildman–Crippen LogP) is 2.30. The van der Waals surface area contributed by atoms with Crippen molar-refractivity contribution in [1.82, 2.24) is 0 Å². The summed E-state index contributed by atoms with van der Waals surface area (Å²) in [4.78, 5) is 0. The van der Waals surface area contributed by atoms with Gasteiger partial charge in [0.1, 0.15) is 5.39 Å². The SMILES string of the molecule is Fc1oc2occc2c1F. The van der Waals surface area contributed by atoms with Crippen molar-refractivity contribution in [3.8, 4) is 0 Å². The average molecular weight is 144 g/mol. The summed E-state index contributed by atoms with van der Waals surface area (Å²) in [5, 5.41) is 0.0394. The van der Waals surface area contributed by atoms with Crippen LogP contribution in [0.4, 0.5) is 8.78 Å². The lowest BCUT2D eigenvalue weighted by Gasteiger charge is -1.73. The molecular weight excluding hydrogens is 142 g/mol. The second-order valence-corrected chi connectivity index (χ2v) is 1.81. The normalized spacial score (nSPS) is 11.0. The number of hydrogen-bond donors (Lipinski definition) is 0. The standard InChI is InChI=1S/C6H2F2O2/c7-4-3-1-2-9-6(3)10-5(4)8/h1-2H. The van der Waals surface area contributed by atoms with Gasteiger partial charge in [0.05, 0.1) is 6.26 Å². The molecule has 2 heterocycles. The van der Waals surface area contributed by atoms with Crippen molar-refractivity contribution in [3.05, 3.63) is 24.2 Å². The smallest absolute Gasteiger partial charge is 0.317 e. The van der Waals surface area contributed by atoms with E-state index in [4.69, 9.17) is 0 Å². The van der Waals surface area contributed by atoms with Gasteiger partial charge in [0.2, 0.25) is 5.82 Å². The van der Waals surface area contributed by atoms with Crippen LogP contribution in [0, 0.1) is 11.8 Å². The van der Waals surface area contributed by atoms with Crippen molar-refractivity contribution < 1.29 is 17.6 Å². The van der Waals surface area contributed by atoms with Crippen LogP contribution in [0.1, 0.15) is 0 Å². The van der Waals surface area contributed by atoms with Gasteiger partial charge in [-0.1, -0.05) is 0 Å². The molecule has 0 unspecified atom stereocenters. The number of hydrogen-bond acceptors (Lipinski definition) is 2. The summed E-state index contributed by atoms with van der Waals surface area (Å²) in [6.45, 7) is 0. The van der Waals surface area contributed by atoms with Crippen LogP contribution in [0.3, 0.4) is 0 Å². The molecule has 10 heavy (non-hydrogen) atoms. The molecule has 0 aliphatic heterocycles. The maximum atomic E-state index is 12.5. The quantitative estimate of drug-likeness (QED) is 0.567. The van der Waals surface area contributed by atoms with E-state index in [1.807, 2.05) is 0 Å². The molecule has 2 rings (SSSR count). The zero-order valence-corrected chi connectivity index (χ0v) is 4.73. The Balaban J connectivity index is 2.95. The molecule has 0 saturated heterocycles. The Morgan fingerprint density at radius 2 is 2.10 bits per heavy atom. The molecule has 2 aromatic rings. The van der Waals surface area contributed by atoms with E-state index in [9.17, 15) is 8.78 Å². The van der Waals surface area contributed by atoms with E-state index in [2.05, 4.69) is 8.83 Å². The van der Waals surface area contributed by atoms with Crippen molar-refractivity contribution in [2.24, 2.45) is 0 Å². The van der Waals surface area contributed by atoms with Gasteiger partial charge in [-0.15, -0.1) is 0 Å². The minimum absolute atomic E-state index is 0.0394. The van der Waals surface area contributed by atoms with Crippen LogP contribution in [0.2, 0.25) is 0 Å². The maximum Gasteiger partial charge on any atom is 0.317 e. The lowest BCUT2D eigenvalue weighted by Crippen LogP contribution is -1.69. The Morgan fingerprint density at radius 3 is 2.80 bits per heavy atom. The molecule has 0 atom stereocenters. The van der Waals surface area contributed by atoms with Gasteiger partial charge >= 0.3 is 11.8 Å². The summed E-state index contributed by atoms with van der Waals surface area (Å²) in [5.74, 6) is -1.11. The molecule has 0 spiro atoms. The maximum absolute atomic E-state index is 12.5. The van der Waals surface area contributed by atoms with Crippen molar-refractivity contribution >= 4 is 11.2 Å². The first kappa shape index (κ1) is 5.46. The van der Waals surface area contributed by atoms with Gasteiger partial charge in [0.25, 0.3) is 0 Å². The van der Waals surface area contributed by atoms with Gasteiger partial charge in [-0.25, -0.2) is 0 Å². The molecule has 0 bridgehead atoms. The van der Waals surface area contributed by atoms with Gasteiger partial charge in [-0.2, -0.15) is 8.78 Å². The van der Waals surface area contributed by atoms with E-state index in [1.54, 1.807) is 0 Å². The molecule has 0 saturated carbocycles. The van der Waals surface area contributed by atoms with Crippen LogP contribution >= 0.6 is 0 Å². The Hall–Kier alpha value is -1.32. The summed E-state index contributed by atoms with van der Waals surface area (Å²) in [5.41, 5.74) is 0. The van der Waals surface area contributed by atoms with Crippen LogP contribution < -0.4 is 0 Å². The highest BCUT2D eigenvalue weighted by molar-refractivity contribution is 5.72. The Bertz CT molecular complexity index is 361. The number of furan rings is 2. The third kappa shape index (κ3) is 0.504. The van der Waals surface area contributed by atoms with Gasteiger partial charge < -0.3 is 8.83 Å². The molecule has 0 fully saturated rings. The first-order valence-corrected chi connectivity index (χ1v) is 2.60. The number of halogens is 2. The van der Waals surface area contributed by atoms with E-state index < -0.39 is 11.8 Å². The predicted molar refractivity (Wildman–Crippen MR) is 28.4 cm³/mol. The minimum atomic E-state index is -1.23. The third-order valence-corrected chi connectivity index (χ3v) is 1.22. The molecule has 0 radical (unpaired) electrons. The molecule has 0 aliphatic rings. The zero-order chi connectivity index (χ0) is 7.14. The number of rotatable bonds is 0. The highest BCUT2D eigenvalue weighted by Crippen LogP contribution is 2.23. The first-order valence-electron chi connectivity index (χ1n) is 2.60. The van der Waals surface area contributed by atoms with Gasteiger partial charge in [0.15, 0.2) is 0 Å². The Labute approximate surface area is 54.0 Å². The van der Waals surface area contributed by atoms with Crippen LogP contribution in [-0.2, 0) is 0 Å². The van der Waals surface area contributed by atoms with E-state index >= 15 is 0 Å². The molecule has 2 nitrogen and oxygen atoms in total. The van der Waals surface area contributed by atoms with E-state index in [1.165, 1.54) is 12.3 Å². The zero-order valence-electron chi connectivity index (χ0n) is 4.73. The second-order valence-electron chi connectivity index (χ2n) is 1.81. The molecule has 0 aliphatic carbocycles. The van der Waals surface area contributed by atoms with Crippen LogP contribution in [0.25, 0.3) is 11.2 Å². The largest absolute Gasteiger partial charge is 0.433 e. The molecule has 0 aromatic carbocycles. The fourth-order valence-electron chi connectivity index (χ4n) is 0.769. The molecule has 4 heteroatoms. The van der Waals surface area contributed by atoms with Crippen molar-refractivity contribution in [1.29, 1.82) is 0 Å². The summed E-state index contributed by atoms with van der Waals surface area (Å²) in [6.07, 6.45) is 1.23. The van der Waals surface area contributed by atoms with Crippen molar-refractivity contribution in [3.63, 3.8) is 0 Å².